The molecule has 134 valence electrons. The summed E-state index contributed by atoms with van der Waals surface area (Å²) in [7, 11) is 0. The fraction of sp³-hybridized carbons (Fsp3) is 0.0952. The van der Waals surface area contributed by atoms with E-state index < -0.39 is 5.97 Å². The van der Waals surface area contributed by atoms with Crippen LogP contribution in [0.1, 0.15) is 21.7 Å². The summed E-state index contributed by atoms with van der Waals surface area (Å²) in [6, 6.07) is 17.2. The van der Waals surface area contributed by atoms with Gasteiger partial charge in [-0.05, 0) is 30.5 Å². The number of ether oxygens (including phenoxy) is 1. The standard InChI is InChI=1S/C21H16N2O4/c1-13-5-4-8-18-22-15(11-19(24)23(13)18)12-27-21(26)17-10-9-14-6-2-3-7-16(14)20(17)25/h2-11,25H,12H2,1H3. The van der Waals surface area contributed by atoms with E-state index in [4.69, 9.17) is 4.74 Å². The van der Waals surface area contributed by atoms with Crippen LogP contribution in [0.4, 0.5) is 0 Å². The molecule has 0 aliphatic carbocycles. The quantitative estimate of drug-likeness (QED) is 0.568. The molecule has 0 radical (unpaired) electrons. The van der Waals surface area contributed by atoms with Crippen molar-refractivity contribution < 1.29 is 14.6 Å². The molecule has 6 heteroatoms. The first kappa shape index (κ1) is 16.8. The van der Waals surface area contributed by atoms with E-state index in [0.29, 0.717) is 16.7 Å². The number of hydrogen-bond donors (Lipinski definition) is 1. The van der Waals surface area contributed by atoms with Crippen molar-refractivity contribution in [3.8, 4) is 5.75 Å². The molecule has 0 spiro atoms. The van der Waals surface area contributed by atoms with Gasteiger partial charge in [-0.3, -0.25) is 9.20 Å². The number of phenols is 1. The number of carbonyl (C=O) groups excluding carboxylic acids is 1. The zero-order valence-corrected chi connectivity index (χ0v) is 14.5. The Kier molecular flexibility index (Phi) is 4.08. The van der Waals surface area contributed by atoms with Gasteiger partial charge in [0, 0.05) is 17.1 Å². The maximum absolute atomic E-state index is 12.4. The summed E-state index contributed by atoms with van der Waals surface area (Å²) in [4.78, 5) is 29.0. The average molecular weight is 360 g/mol. The van der Waals surface area contributed by atoms with Crippen LogP contribution in [-0.2, 0) is 11.3 Å². The molecule has 1 N–H and O–H groups in total. The molecule has 0 amide bonds. The molecule has 0 aliphatic rings. The van der Waals surface area contributed by atoms with Crippen molar-refractivity contribution in [1.29, 1.82) is 0 Å². The number of esters is 1. The van der Waals surface area contributed by atoms with Gasteiger partial charge in [-0.2, -0.15) is 0 Å². The van der Waals surface area contributed by atoms with Crippen LogP contribution in [0.3, 0.4) is 0 Å². The third kappa shape index (κ3) is 3.01. The number of pyridine rings is 1. The first-order valence-corrected chi connectivity index (χ1v) is 8.41. The Morgan fingerprint density at radius 2 is 1.93 bits per heavy atom. The molecule has 0 fully saturated rings. The second-order valence-electron chi connectivity index (χ2n) is 6.21. The highest BCUT2D eigenvalue weighted by Gasteiger charge is 2.16. The Morgan fingerprint density at radius 1 is 1.11 bits per heavy atom. The second-order valence-corrected chi connectivity index (χ2v) is 6.21. The Labute approximate surface area is 154 Å². The summed E-state index contributed by atoms with van der Waals surface area (Å²) < 4.78 is 6.76. The van der Waals surface area contributed by atoms with Gasteiger partial charge in [0.15, 0.2) is 0 Å². The number of rotatable bonds is 3. The highest BCUT2D eigenvalue weighted by atomic mass is 16.5. The molecule has 2 aromatic heterocycles. The SMILES string of the molecule is Cc1cccc2nc(COC(=O)c3ccc4ccccc4c3O)cc(=O)n12. The van der Waals surface area contributed by atoms with Gasteiger partial charge in [0.1, 0.15) is 23.6 Å². The van der Waals surface area contributed by atoms with Crippen LogP contribution in [-0.4, -0.2) is 20.5 Å². The van der Waals surface area contributed by atoms with Gasteiger partial charge in [0.05, 0.1) is 5.69 Å². The van der Waals surface area contributed by atoms with Crippen molar-refractivity contribution in [1.82, 2.24) is 9.38 Å². The molecule has 4 aromatic rings. The Balaban J connectivity index is 1.61. The summed E-state index contributed by atoms with van der Waals surface area (Å²) in [6.45, 7) is 1.66. The lowest BCUT2D eigenvalue weighted by molar-refractivity contribution is 0.0464. The Hall–Kier alpha value is -3.67. The van der Waals surface area contributed by atoms with Gasteiger partial charge in [-0.1, -0.05) is 36.4 Å². The number of phenolic OH excluding ortho intramolecular Hbond substituents is 1. The molecule has 2 heterocycles. The number of benzene rings is 2. The molecule has 0 aliphatic heterocycles. The molecule has 0 saturated carbocycles. The number of nitrogens with zero attached hydrogens (tertiary/aromatic N) is 2. The highest BCUT2D eigenvalue weighted by Crippen LogP contribution is 2.29. The highest BCUT2D eigenvalue weighted by molar-refractivity contribution is 6.01. The number of aromatic hydroxyl groups is 1. The predicted octanol–water partition coefficient (Wildman–Crippen LogP) is 3.22. The van der Waals surface area contributed by atoms with Crippen molar-refractivity contribution in [3.05, 3.63) is 88.0 Å². The lowest BCUT2D eigenvalue weighted by Crippen LogP contribution is -2.18. The normalized spacial score (nSPS) is 11.0. The van der Waals surface area contributed by atoms with Gasteiger partial charge in [-0.15, -0.1) is 0 Å². The minimum absolute atomic E-state index is 0.0713. The number of aryl methyl sites for hydroxylation is 1. The predicted molar refractivity (Wildman–Crippen MR) is 101 cm³/mol. The van der Waals surface area contributed by atoms with Crippen LogP contribution in [0.15, 0.2) is 65.5 Å². The van der Waals surface area contributed by atoms with Gasteiger partial charge in [0.25, 0.3) is 5.56 Å². The monoisotopic (exact) mass is 360 g/mol. The molecular formula is C21H16N2O4. The molecule has 0 atom stereocenters. The van der Waals surface area contributed by atoms with Crippen molar-refractivity contribution in [2.75, 3.05) is 0 Å². The fourth-order valence-electron chi connectivity index (χ4n) is 3.07. The van der Waals surface area contributed by atoms with Gasteiger partial charge < -0.3 is 9.84 Å². The Morgan fingerprint density at radius 3 is 2.78 bits per heavy atom. The summed E-state index contributed by atoms with van der Waals surface area (Å²) in [6.07, 6.45) is 0. The first-order valence-electron chi connectivity index (χ1n) is 8.41. The largest absolute Gasteiger partial charge is 0.506 e. The van der Waals surface area contributed by atoms with Gasteiger partial charge >= 0.3 is 5.97 Å². The smallest absolute Gasteiger partial charge is 0.342 e. The van der Waals surface area contributed by atoms with E-state index >= 15 is 0 Å². The van der Waals surface area contributed by atoms with Crippen LogP contribution in [0.2, 0.25) is 0 Å². The average Bonchev–Trinajstić information content (AvgIpc) is 2.66. The Bertz CT molecular complexity index is 1240. The van der Waals surface area contributed by atoms with Crippen molar-refractivity contribution in [2.45, 2.75) is 13.5 Å². The molecule has 6 nitrogen and oxygen atoms in total. The lowest BCUT2D eigenvalue weighted by atomic mass is 10.1. The van der Waals surface area contributed by atoms with Crippen molar-refractivity contribution in [3.63, 3.8) is 0 Å². The van der Waals surface area contributed by atoms with Crippen LogP contribution >= 0.6 is 0 Å². The van der Waals surface area contributed by atoms with E-state index in [9.17, 15) is 14.7 Å². The van der Waals surface area contributed by atoms with Crippen molar-refractivity contribution in [2.24, 2.45) is 0 Å². The summed E-state index contributed by atoms with van der Waals surface area (Å²) in [5.41, 5.74) is 1.44. The molecule has 0 bridgehead atoms. The van der Waals surface area contributed by atoms with Crippen LogP contribution in [0.5, 0.6) is 5.75 Å². The number of fused-ring (bicyclic) bond motifs is 2. The van der Waals surface area contributed by atoms with E-state index in [1.165, 1.54) is 16.5 Å². The van der Waals surface area contributed by atoms with E-state index in [2.05, 4.69) is 4.98 Å². The third-order valence-electron chi connectivity index (χ3n) is 4.40. The van der Waals surface area contributed by atoms with E-state index in [1.807, 2.05) is 25.1 Å². The summed E-state index contributed by atoms with van der Waals surface area (Å²) in [5, 5.41) is 11.8. The third-order valence-corrected chi connectivity index (χ3v) is 4.40. The minimum atomic E-state index is -0.676. The topological polar surface area (TPSA) is 80.9 Å². The zero-order chi connectivity index (χ0) is 19.0. The summed E-state index contributed by atoms with van der Waals surface area (Å²) in [5.74, 6) is -0.801. The number of carbonyl (C=O) groups is 1. The lowest BCUT2D eigenvalue weighted by Gasteiger charge is -2.09. The van der Waals surface area contributed by atoms with Crippen LogP contribution in [0, 0.1) is 6.92 Å². The number of aromatic nitrogens is 2. The fourth-order valence-corrected chi connectivity index (χ4v) is 3.07. The van der Waals surface area contributed by atoms with E-state index in [0.717, 1.165) is 11.1 Å². The maximum atomic E-state index is 12.4. The van der Waals surface area contributed by atoms with Crippen LogP contribution < -0.4 is 5.56 Å². The maximum Gasteiger partial charge on any atom is 0.342 e. The van der Waals surface area contributed by atoms with E-state index in [-0.39, 0.29) is 23.5 Å². The molecular weight excluding hydrogens is 344 g/mol. The van der Waals surface area contributed by atoms with Crippen LogP contribution in [0.25, 0.3) is 16.4 Å². The first-order chi connectivity index (χ1) is 13.0. The summed E-state index contributed by atoms with van der Waals surface area (Å²) >= 11 is 0. The molecule has 2 aromatic carbocycles. The molecule has 4 rings (SSSR count). The van der Waals surface area contributed by atoms with Gasteiger partial charge in [0.2, 0.25) is 0 Å². The number of hydrogen-bond acceptors (Lipinski definition) is 5. The molecule has 0 unspecified atom stereocenters. The van der Waals surface area contributed by atoms with Crippen molar-refractivity contribution >= 4 is 22.4 Å². The zero-order valence-electron chi connectivity index (χ0n) is 14.5. The minimum Gasteiger partial charge on any atom is -0.506 e. The molecule has 0 saturated heterocycles. The van der Waals surface area contributed by atoms with E-state index in [1.54, 1.807) is 30.3 Å². The second kappa shape index (κ2) is 6.57. The molecule has 27 heavy (non-hydrogen) atoms. The van der Waals surface area contributed by atoms with Gasteiger partial charge in [-0.25, -0.2) is 9.78 Å².